The summed E-state index contributed by atoms with van der Waals surface area (Å²) in [6.45, 7) is 6.06. The molecule has 1 saturated heterocycles. The molecule has 1 aliphatic heterocycles. The summed E-state index contributed by atoms with van der Waals surface area (Å²) in [4.78, 5) is 12.9. The molecule has 1 rings (SSSR count). The fraction of sp³-hybridized carbons (Fsp3) is 0.917. The summed E-state index contributed by atoms with van der Waals surface area (Å²) < 4.78 is 5.33. The number of ether oxygens (including phenoxy) is 1. The SMILES string of the molecule is CC(C)OCC(O)CN1CCCC(C(=O)O)C1. The van der Waals surface area contributed by atoms with Crippen molar-refractivity contribution in [3.05, 3.63) is 0 Å². The number of aliphatic hydroxyl groups excluding tert-OH is 1. The van der Waals surface area contributed by atoms with Crippen LogP contribution in [0.1, 0.15) is 26.7 Å². The number of likely N-dealkylation sites (tertiary alicyclic amines) is 1. The molecule has 0 aliphatic carbocycles. The highest BCUT2D eigenvalue weighted by molar-refractivity contribution is 5.70. The lowest BCUT2D eigenvalue weighted by Crippen LogP contribution is -2.43. The molecule has 0 spiro atoms. The zero-order valence-electron chi connectivity index (χ0n) is 10.6. The first-order valence-corrected chi connectivity index (χ1v) is 6.24. The van der Waals surface area contributed by atoms with E-state index in [4.69, 9.17) is 9.84 Å². The highest BCUT2D eigenvalue weighted by atomic mass is 16.5. The largest absolute Gasteiger partial charge is 0.481 e. The van der Waals surface area contributed by atoms with Gasteiger partial charge in [-0.15, -0.1) is 0 Å². The molecule has 5 heteroatoms. The molecule has 2 N–H and O–H groups in total. The number of aliphatic hydroxyl groups is 1. The van der Waals surface area contributed by atoms with E-state index in [-0.39, 0.29) is 12.0 Å². The van der Waals surface area contributed by atoms with Gasteiger partial charge in [-0.1, -0.05) is 0 Å². The average molecular weight is 245 g/mol. The third-order valence-corrected chi connectivity index (χ3v) is 2.95. The van der Waals surface area contributed by atoms with Gasteiger partial charge in [0.1, 0.15) is 0 Å². The van der Waals surface area contributed by atoms with Gasteiger partial charge in [-0.25, -0.2) is 0 Å². The number of carbonyl (C=O) groups is 1. The highest BCUT2D eigenvalue weighted by Crippen LogP contribution is 2.16. The molecule has 0 saturated carbocycles. The number of carboxylic acid groups (broad SMARTS) is 1. The molecule has 17 heavy (non-hydrogen) atoms. The van der Waals surface area contributed by atoms with Crippen LogP contribution in [0.2, 0.25) is 0 Å². The van der Waals surface area contributed by atoms with Gasteiger partial charge < -0.3 is 14.9 Å². The molecule has 5 nitrogen and oxygen atoms in total. The molecule has 100 valence electrons. The van der Waals surface area contributed by atoms with E-state index in [1.165, 1.54) is 0 Å². The van der Waals surface area contributed by atoms with Crippen LogP contribution >= 0.6 is 0 Å². The number of β-amino-alcohol motifs (C(OH)–C–C–N with tert-alkyl or cyclic N) is 1. The van der Waals surface area contributed by atoms with Crippen molar-refractivity contribution in [3.63, 3.8) is 0 Å². The minimum absolute atomic E-state index is 0.109. The standard InChI is InChI=1S/C12H23NO4/c1-9(2)17-8-11(14)7-13-5-3-4-10(6-13)12(15)16/h9-11,14H,3-8H2,1-2H3,(H,15,16). The van der Waals surface area contributed by atoms with Crippen LogP contribution in [-0.4, -0.2) is 59.5 Å². The quantitative estimate of drug-likeness (QED) is 0.716. The smallest absolute Gasteiger partial charge is 0.307 e. The van der Waals surface area contributed by atoms with Crippen molar-refractivity contribution in [3.8, 4) is 0 Å². The van der Waals surface area contributed by atoms with Crippen LogP contribution in [0.15, 0.2) is 0 Å². The summed E-state index contributed by atoms with van der Waals surface area (Å²) in [6.07, 6.45) is 1.20. The van der Waals surface area contributed by atoms with Crippen LogP contribution < -0.4 is 0 Å². The molecule has 0 amide bonds. The monoisotopic (exact) mass is 245 g/mol. The maximum absolute atomic E-state index is 10.9. The summed E-state index contributed by atoms with van der Waals surface area (Å²) in [5.41, 5.74) is 0. The first-order valence-electron chi connectivity index (χ1n) is 6.24. The predicted molar refractivity (Wildman–Crippen MR) is 63.9 cm³/mol. The van der Waals surface area contributed by atoms with Crippen LogP contribution in [0.3, 0.4) is 0 Å². The van der Waals surface area contributed by atoms with Gasteiger partial charge in [-0.05, 0) is 33.2 Å². The number of rotatable bonds is 6. The van der Waals surface area contributed by atoms with Crippen molar-refractivity contribution in [2.24, 2.45) is 5.92 Å². The van der Waals surface area contributed by atoms with E-state index in [0.717, 1.165) is 19.4 Å². The van der Waals surface area contributed by atoms with Crippen molar-refractivity contribution in [1.82, 2.24) is 4.90 Å². The van der Waals surface area contributed by atoms with Gasteiger partial charge in [0.15, 0.2) is 0 Å². The van der Waals surface area contributed by atoms with E-state index in [9.17, 15) is 9.90 Å². The van der Waals surface area contributed by atoms with Crippen molar-refractivity contribution < 1.29 is 19.7 Å². The van der Waals surface area contributed by atoms with Crippen LogP contribution in [0, 0.1) is 5.92 Å². The van der Waals surface area contributed by atoms with E-state index < -0.39 is 12.1 Å². The molecular weight excluding hydrogens is 222 g/mol. The maximum atomic E-state index is 10.9. The van der Waals surface area contributed by atoms with Crippen molar-refractivity contribution in [1.29, 1.82) is 0 Å². The van der Waals surface area contributed by atoms with Crippen LogP contribution in [0.25, 0.3) is 0 Å². The lowest BCUT2D eigenvalue weighted by Gasteiger charge is -2.32. The van der Waals surface area contributed by atoms with Crippen LogP contribution in [-0.2, 0) is 9.53 Å². The number of hydrogen-bond acceptors (Lipinski definition) is 4. The van der Waals surface area contributed by atoms with Crippen LogP contribution in [0.5, 0.6) is 0 Å². The number of piperidine rings is 1. The van der Waals surface area contributed by atoms with Crippen molar-refractivity contribution in [2.75, 3.05) is 26.2 Å². The third-order valence-electron chi connectivity index (χ3n) is 2.95. The molecule has 0 radical (unpaired) electrons. The summed E-state index contributed by atoms with van der Waals surface area (Å²) in [5.74, 6) is -1.02. The number of aliphatic carboxylic acids is 1. The van der Waals surface area contributed by atoms with Gasteiger partial charge in [0.25, 0.3) is 0 Å². The van der Waals surface area contributed by atoms with E-state index in [0.29, 0.717) is 19.7 Å². The first kappa shape index (κ1) is 14.4. The maximum Gasteiger partial charge on any atom is 0.307 e. The minimum Gasteiger partial charge on any atom is -0.481 e. The Balaban J connectivity index is 2.28. The molecular formula is C12H23NO4. The van der Waals surface area contributed by atoms with Crippen LogP contribution in [0.4, 0.5) is 0 Å². The highest BCUT2D eigenvalue weighted by Gasteiger charge is 2.26. The van der Waals surface area contributed by atoms with E-state index in [2.05, 4.69) is 0 Å². The molecule has 0 bridgehead atoms. The minimum atomic E-state index is -0.734. The summed E-state index contributed by atoms with van der Waals surface area (Å²) in [7, 11) is 0. The Morgan fingerprint density at radius 3 is 2.82 bits per heavy atom. The Hall–Kier alpha value is -0.650. The molecule has 0 aromatic carbocycles. The lowest BCUT2D eigenvalue weighted by molar-refractivity contribution is -0.143. The predicted octanol–water partition coefficient (Wildman–Crippen LogP) is 0.569. The fourth-order valence-electron chi connectivity index (χ4n) is 2.08. The Morgan fingerprint density at radius 2 is 2.24 bits per heavy atom. The molecule has 0 aromatic heterocycles. The van der Waals surface area contributed by atoms with Gasteiger partial charge >= 0.3 is 5.97 Å². The third kappa shape index (κ3) is 5.48. The molecule has 1 aliphatic rings. The second-order valence-corrected chi connectivity index (χ2v) is 4.97. The van der Waals surface area contributed by atoms with Gasteiger partial charge in [-0.3, -0.25) is 9.69 Å². The Morgan fingerprint density at radius 1 is 1.53 bits per heavy atom. The Bertz CT molecular complexity index is 245. The molecule has 2 atom stereocenters. The Labute approximate surface area is 102 Å². The number of nitrogens with zero attached hydrogens (tertiary/aromatic N) is 1. The first-order chi connectivity index (χ1) is 7.99. The number of carboxylic acids is 1. The molecule has 2 unspecified atom stereocenters. The van der Waals surface area contributed by atoms with Gasteiger partial charge in [0, 0.05) is 13.1 Å². The van der Waals surface area contributed by atoms with E-state index >= 15 is 0 Å². The zero-order chi connectivity index (χ0) is 12.8. The second kappa shape index (κ2) is 6.93. The lowest BCUT2D eigenvalue weighted by atomic mass is 9.98. The van der Waals surface area contributed by atoms with E-state index in [1.54, 1.807) is 0 Å². The van der Waals surface area contributed by atoms with Crippen molar-refractivity contribution >= 4 is 5.97 Å². The van der Waals surface area contributed by atoms with E-state index in [1.807, 2.05) is 18.7 Å². The van der Waals surface area contributed by atoms with Gasteiger partial charge in [0.05, 0.1) is 24.7 Å². The second-order valence-electron chi connectivity index (χ2n) is 4.97. The molecule has 1 fully saturated rings. The summed E-state index contributed by atoms with van der Waals surface area (Å²) in [5, 5.41) is 18.7. The topological polar surface area (TPSA) is 70.0 Å². The summed E-state index contributed by atoms with van der Waals surface area (Å²) >= 11 is 0. The summed E-state index contributed by atoms with van der Waals surface area (Å²) in [6, 6.07) is 0. The normalized spacial score (nSPS) is 23.9. The molecule has 1 heterocycles. The number of hydrogen-bond donors (Lipinski definition) is 2. The van der Waals surface area contributed by atoms with Gasteiger partial charge in [-0.2, -0.15) is 0 Å². The van der Waals surface area contributed by atoms with Crippen molar-refractivity contribution in [2.45, 2.75) is 38.9 Å². The average Bonchev–Trinajstić information content (AvgIpc) is 2.26. The zero-order valence-corrected chi connectivity index (χ0v) is 10.6. The Kier molecular flexibility index (Phi) is 5.88. The fourth-order valence-corrected chi connectivity index (χ4v) is 2.08. The molecule has 0 aromatic rings. The van der Waals surface area contributed by atoms with Gasteiger partial charge in [0.2, 0.25) is 0 Å².